The molecule has 5 heteroatoms. The summed E-state index contributed by atoms with van der Waals surface area (Å²) in [6.07, 6.45) is 0. The van der Waals surface area contributed by atoms with Crippen LogP contribution in [0.1, 0.15) is 20.8 Å². The van der Waals surface area contributed by atoms with Gasteiger partial charge in [0.15, 0.2) is 0 Å². The van der Waals surface area contributed by atoms with E-state index in [1.807, 2.05) is 25.1 Å². The fourth-order valence-corrected chi connectivity index (χ4v) is 2.56. The molecule has 0 aliphatic heterocycles. The number of rotatable bonds is 5. The van der Waals surface area contributed by atoms with E-state index >= 15 is 0 Å². The van der Waals surface area contributed by atoms with Crippen molar-refractivity contribution in [2.75, 3.05) is 12.4 Å². The lowest BCUT2D eigenvalue weighted by Crippen LogP contribution is -1.99. The molecule has 19 heavy (non-hydrogen) atoms. The Morgan fingerprint density at radius 1 is 1.42 bits per heavy atom. The van der Waals surface area contributed by atoms with Gasteiger partial charge in [0.1, 0.15) is 5.75 Å². The first-order chi connectivity index (χ1) is 9.10. The van der Waals surface area contributed by atoms with E-state index in [0.29, 0.717) is 12.1 Å². The number of carboxylic acids is 1. The zero-order valence-electron chi connectivity index (χ0n) is 10.8. The topological polar surface area (TPSA) is 58.6 Å². The highest BCUT2D eigenvalue weighted by Gasteiger charge is 2.06. The summed E-state index contributed by atoms with van der Waals surface area (Å²) in [4.78, 5) is 11.8. The molecule has 100 valence electrons. The van der Waals surface area contributed by atoms with Gasteiger partial charge in [0.05, 0.1) is 12.7 Å². The van der Waals surface area contributed by atoms with Gasteiger partial charge in [-0.15, -0.1) is 11.3 Å². The average molecular weight is 277 g/mol. The predicted octanol–water partition coefficient (Wildman–Crippen LogP) is 3.38. The molecular formula is C14H15NO3S. The van der Waals surface area contributed by atoms with Crippen LogP contribution in [0.15, 0.2) is 29.6 Å². The third-order valence-corrected chi connectivity index (χ3v) is 3.70. The SMILES string of the molecule is COc1ccc(NCc2cc(C(=O)O)cs2)cc1C. The number of carbonyl (C=O) groups is 1. The second-order valence-corrected chi connectivity index (χ2v) is 5.14. The summed E-state index contributed by atoms with van der Waals surface area (Å²) in [6.45, 7) is 2.60. The molecule has 0 aliphatic carbocycles. The number of thiophene rings is 1. The normalized spacial score (nSPS) is 10.2. The zero-order chi connectivity index (χ0) is 13.8. The van der Waals surface area contributed by atoms with Crippen molar-refractivity contribution >= 4 is 23.0 Å². The van der Waals surface area contributed by atoms with Gasteiger partial charge in [-0.1, -0.05) is 0 Å². The summed E-state index contributed by atoms with van der Waals surface area (Å²) in [5.41, 5.74) is 2.39. The molecule has 1 aromatic carbocycles. The molecule has 0 saturated carbocycles. The highest BCUT2D eigenvalue weighted by molar-refractivity contribution is 7.10. The number of ether oxygens (including phenoxy) is 1. The molecule has 2 aromatic rings. The molecule has 2 N–H and O–H groups in total. The summed E-state index contributed by atoms with van der Waals surface area (Å²) in [7, 11) is 1.65. The molecule has 4 nitrogen and oxygen atoms in total. The third-order valence-electron chi connectivity index (χ3n) is 2.76. The molecule has 0 aliphatic rings. The first kappa shape index (κ1) is 13.4. The quantitative estimate of drug-likeness (QED) is 0.879. The Morgan fingerprint density at radius 2 is 2.21 bits per heavy atom. The molecule has 0 spiro atoms. The van der Waals surface area contributed by atoms with E-state index in [-0.39, 0.29) is 0 Å². The largest absolute Gasteiger partial charge is 0.496 e. The number of hydrogen-bond acceptors (Lipinski definition) is 4. The van der Waals surface area contributed by atoms with Crippen LogP contribution < -0.4 is 10.1 Å². The molecule has 0 fully saturated rings. The van der Waals surface area contributed by atoms with Gasteiger partial charge < -0.3 is 15.2 Å². The summed E-state index contributed by atoms with van der Waals surface area (Å²) < 4.78 is 5.20. The van der Waals surface area contributed by atoms with Crippen molar-refractivity contribution in [2.24, 2.45) is 0 Å². The van der Waals surface area contributed by atoms with E-state index in [0.717, 1.165) is 21.9 Å². The second-order valence-electron chi connectivity index (χ2n) is 4.14. The number of carboxylic acid groups (broad SMARTS) is 1. The Bertz CT molecular complexity index is 592. The fraction of sp³-hybridized carbons (Fsp3) is 0.214. The smallest absolute Gasteiger partial charge is 0.336 e. The molecule has 0 amide bonds. The van der Waals surface area contributed by atoms with Crippen molar-refractivity contribution in [3.05, 3.63) is 45.6 Å². The Labute approximate surface area is 115 Å². The van der Waals surface area contributed by atoms with Crippen molar-refractivity contribution in [3.8, 4) is 5.75 Å². The van der Waals surface area contributed by atoms with Crippen LogP contribution in [0, 0.1) is 6.92 Å². The number of nitrogens with one attached hydrogen (secondary N) is 1. The minimum Gasteiger partial charge on any atom is -0.496 e. The van der Waals surface area contributed by atoms with Crippen molar-refractivity contribution in [3.63, 3.8) is 0 Å². The van der Waals surface area contributed by atoms with E-state index < -0.39 is 5.97 Å². The lowest BCUT2D eigenvalue weighted by molar-refractivity contribution is 0.0697. The maximum absolute atomic E-state index is 10.8. The number of aromatic carboxylic acids is 1. The maximum atomic E-state index is 10.8. The molecule has 0 bridgehead atoms. The number of hydrogen-bond donors (Lipinski definition) is 2. The molecule has 0 atom stereocenters. The molecule has 0 unspecified atom stereocenters. The standard InChI is InChI=1S/C14H15NO3S/c1-9-5-11(3-4-13(9)18-2)15-7-12-6-10(8-19-12)14(16)17/h3-6,8,15H,7H2,1-2H3,(H,16,17). The van der Waals surface area contributed by atoms with Gasteiger partial charge in [0.25, 0.3) is 0 Å². The number of anilines is 1. The Hall–Kier alpha value is -2.01. The highest BCUT2D eigenvalue weighted by Crippen LogP contribution is 2.22. The summed E-state index contributed by atoms with van der Waals surface area (Å²) >= 11 is 1.44. The van der Waals surface area contributed by atoms with Crippen LogP contribution >= 0.6 is 11.3 Å². The van der Waals surface area contributed by atoms with E-state index in [4.69, 9.17) is 9.84 Å². The fourth-order valence-electron chi connectivity index (χ4n) is 1.76. The van der Waals surface area contributed by atoms with Crippen LogP contribution in [0.3, 0.4) is 0 Å². The van der Waals surface area contributed by atoms with Crippen molar-refractivity contribution < 1.29 is 14.6 Å². The molecule has 2 rings (SSSR count). The first-order valence-corrected chi connectivity index (χ1v) is 6.67. The lowest BCUT2D eigenvalue weighted by atomic mass is 10.2. The van der Waals surface area contributed by atoms with E-state index in [1.165, 1.54) is 11.3 Å². The summed E-state index contributed by atoms with van der Waals surface area (Å²) in [6, 6.07) is 7.55. The van der Waals surface area contributed by atoms with E-state index in [2.05, 4.69) is 5.32 Å². The summed E-state index contributed by atoms with van der Waals surface area (Å²) in [5.74, 6) is -0.0300. The van der Waals surface area contributed by atoms with Crippen LogP contribution in [0.2, 0.25) is 0 Å². The predicted molar refractivity (Wildman–Crippen MR) is 76.3 cm³/mol. The number of aryl methyl sites for hydroxylation is 1. The van der Waals surface area contributed by atoms with Crippen molar-refractivity contribution in [1.29, 1.82) is 0 Å². The van der Waals surface area contributed by atoms with E-state index in [9.17, 15) is 4.79 Å². The van der Waals surface area contributed by atoms with Crippen LogP contribution in [0.25, 0.3) is 0 Å². The average Bonchev–Trinajstić information content (AvgIpc) is 2.85. The molecule has 1 aromatic heterocycles. The first-order valence-electron chi connectivity index (χ1n) is 5.79. The Balaban J connectivity index is 2.01. The Morgan fingerprint density at radius 3 is 2.79 bits per heavy atom. The molecular weight excluding hydrogens is 262 g/mol. The zero-order valence-corrected chi connectivity index (χ0v) is 11.6. The maximum Gasteiger partial charge on any atom is 0.336 e. The second kappa shape index (κ2) is 5.75. The van der Waals surface area contributed by atoms with E-state index in [1.54, 1.807) is 18.6 Å². The van der Waals surface area contributed by atoms with Gasteiger partial charge in [0.2, 0.25) is 0 Å². The number of benzene rings is 1. The highest BCUT2D eigenvalue weighted by atomic mass is 32.1. The van der Waals surface area contributed by atoms with Crippen LogP contribution in [-0.2, 0) is 6.54 Å². The third kappa shape index (κ3) is 3.26. The van der Waals surface area contributed by atoms with Crippen molar-refractivity contribution in [1.82, 2.24) is 0 Å². The Kier molecular flexibility index (Phi) is 4.06. The van der Waals surface area contributed by atoms with Crippen molar-refractivity contribution in [2.45, 2.75) is 13.5 Å². The molecule has 1 heterocycles. The van der Waals surface area contributed by atoms with Gasteiger partial charge in [-0.2, -0.15) is 0 Å². The van der Waals surface area contributed by atoms with Gasteiger partial charge >= 0.3 is 5.97 Å². The van der Waals surface area contributed by atoms with Gasteiger partial charge in [-0.05, 0) is 36.8 Å². The number of methoxy groups -OCH3 is 1. The van der Waals surface area contributed by atoms with Gasteiger partial charge in [-0.3, -0.25) is 0 Å². The van der Waals surface area contributed by atoms with Crippen LogP contribution in [0.4, 0.5) is 5.69 Å². The van der Waals surface area contributed by atoms with Gasteiger partial charge in [-0.25, -0.2) is 4.79 Å². The van der Waals surface area contributed by atoms with Gasteiger partial charge in [0, 0.05) is 22.5 Å². The molecule has 0 saturated heterocycles. The molecule has 0 radical (unpaired) electrons. The lowest BCUT2D eigenvalue weighted by Gasteiger charge is -2.09. The van der Waals surface area contributed by atoms with Crippen LogP contribution in [-0.4, -0.2) is 18.2 Å². The summed E-state index contributed by atoms with van der Waals surface area (Å²) in [5, 5.41) is 13.8. The van der Waals surface area contributed by atoms with Crippen LogP contribution in [0.5, 0.6) is 5.75 Å². The monoisotopic (exact) mass is 277 g/mol. The minimum atomic E-state index is -0.886. The minimum absolute atomic E-state index is 0.340.